The molecular formula is C25H35P. The maximum absolute atomic E-state index is 2.56. The first-order valence-corrected chi connectivity index (χ1v) is 12.1. The molecule has 0 aliphatic heterocycles. The van der Waals surface area contributed by atoms with Crippen LogP contribution in [0.25, 0.3) is 0 Å². The highest BCUT2D eigenvalue weighted by molar-refractivity contribution is 7.73. The second-order valence-electron chi connectivity index (χ2n) is 7.99. The Morgan fingerprint density at radius 1 is 0.846 bits per heavy atom. The van der Waals surface area contributed by atoms with Crippen molar-refractivity contribution in [1.29, 1.82) is 0 Å². The summed E-state index contributed by atoms with van der Waals surface area (Å²) in [5.41, 5.74) is 0.765. The molecule has 0 N–H and O–H groups in total. The fraction of sp³-hybridized carbons (Fsp3) is 0.520. The Morgan fingerprint density at radius 2 is 1.42 bits per heavy atom. The molecule has 0 nitrogen and oxygen atoms in total. The Bertz CT molecular complexity index is 582. The minimum absolute atomic E-state index is 0.280. The smallest absolute Gasteiger partial charge is 0.0126 e. The van der Waals surface area contributed by atoms with Gasteiger partial charge in [0.1, 0.15) is 0 Å². The van der Waals surface area contributed by atoms with Gasteiger partial charge in [-0.2, -0.15) is 0 Å². The van der Waals surface area contributed by atoms with Crippen LogP contribution >= 0.6 is 7.92 Å². The van der Waals surface area contributed by atoms with Gasteiger partial charge in [0.05, 0.1) is 0 Å². The second kappa shape index (κ2) is 10.3. The van der Waals surface area contributed by atoms with Crippen molar-refractivity contribution in [2.45, 2.75) is 70.9 Å². The van der Waals surface area contributed by atoms with E-state index in [-0.39, 0.29) is 7.92 Å². The van der Waals surface area contributed by atoms with E-state index in [2.05, 4.69) is 74.5 Å². The summed E-state index contributed by atoms with van der Waals surface area (Å²) in [4.78, 5) is 0. The normalized spacial score (nSPS) is 21.7. The van der Waals surface area contributed by atoms with Gasteiger partial charge in [-0.25, -0.2) is 0 Å². The Kier molecular flexibility index (Phi) is 7.75. The summed E-state index contributed by atoms with van der Waals surface area (Å²) in [5.74, 6) is 1.84. The highest BCUT2D eigenvalue weighted by Crippen LogP contribution is 2.49. The van der Waals surface area contributed by atoms with Crippen LogP contribution in [0.1, 0.15) is 65.2 Å². The van der Waals surface area contributed by atoms with Gasteiger partial charge in [0.2, 0.25) is 0 Å². The number of rotatable bonds is 8. The first-order chi connectivity index (χ1) is 12.8. The monoisotopic (exact) mass is 366 g/mol. The zero-order valence-electron chi connectivity index (χ0n) is 16.6. The van der Waals surface area contributed by atoms with Crippen LogP contribution in [0.3, 0.4) is 0 Å². The third-order valence-electron chi connectivity index (χ3n) is 6.24. The van der Waals surface area contributed by atoms with Gasteiger partial charge in [0.15, 0.2) is 0 Å². The van der Waals surface area contributed by atoms with Crippen LogP contribution in [0.4, 0.5) is 0 Å². The SMILES string of the molecule is CCCCC[C@H]1CCCC[C@@H]1C(C)P(c1ccccc1)c1ccccc1. The molecule has 3 rings (SSSR count). The fourth-order valence-corrected chi connectivity index (χ4v) is 7.88. The summed E-state index contributed by atoms with van der Waals surface area (Å²) < 4.78 is 0. The molecule has 1 aliphatic rings. The van der Waals surface area contributed by atoms with Crippen molar-refractivity contribution in [1.82, 2.24) is 0 Å². The van der Waals surface area contributed by atoms with Gasteiger partial charge in [0, 0.05) is 0 Å². The largest absolute Gasteiger partial charge is 0.0654 e. The molecule has 0 spiro atoms. The molecule has 140 valence electrons. The summed E-state index contributed by atoms with van der Waals surface area (Å²) in [7, 11) is -0.280. The molecule has 1 aliphatic carbocycles. The molecule has 0 radical (unpaired) electrons. The molecule has 0 heterocycles. The molecule has 1 saturated carbocycles. The van der Waals surface area contributed by atoms with Gasteiger partial charge >= 0.3 is 0 Å². The fourth-order valence-electron chi connectivity index (χ4n) is 4.87. The predicted molar refractivity (Wildman–Crippen MR) is 118 cm³/mol. The topological polar surface area (TPSA) is 0 Å². The lowest BCUT2D eigenvalue weighted by Gasteiger charge is -2.40. The number of benzene rings is 2. The maximum atomic E-state index is 2.56. The van der Waals surface area contributed by atoms with Crippen LogP contribution in [0.15, 0.2) is 60.7 Å². The van der Waals surface area contributed by atoms with E-state index >= 15 is 0 Å². The van der Waals surface area contributed by atoms with Crippen LogP contribution in [0, 0.1) is 11.8 Å². The number of hydrogen-bond donors (Lipinski definition) is 0. The summed E-state index contributed by atoms with van der Waals surface area (Å²) in [6.07, 6.45) is 11.4. The minimum Gasteiger partial charge on any atom is -0.0654 e. The lowest BCUT2D eigenvalue weighted by molar-refractivity contribution is 0.217. The molecule has 0 bridgehead atoms. The van der Waals surface area contributed by atoms with Crippen molar-refractivity contribution in [3.63, 3.8) is 0 Å². The van der Waals surface area contributed by atoms with Crippen molar-refractivity contribution in [2.24, 2.45) is 11.8 Å². The summed E-state index contributed by atoms with van der Waals surface area (Å²) in [5, 5.41) is 3.11. The van der Waals surface area contributed by atoms with Crippen LogP contribution in [0.2, 0.25) is 0 Å². The zero-order valence-corrected chi connectivity index (χ0v) is 17.5. The molecule has 3 atom stereocenters. The molecule has 26 heavy (non-hydrogen) atoms. The maximum Gasteiger partial charge on any atom is -0.0126 e. The van der Waals surface area contributed by atoms with Crippen molar-refractivity contribution in [3.05, 3.63) is 60.7 Å². The third kappa shape index (κ3) is 4.98. The summed E-state index contributed by atoms with van der Waals surface area (Å²) in [6.45, 7) is 4.89. The number of hydrogen-bond acceptors (Lipinski definition) is 0. The van der Waals surface area contributed by atoms with E-state index in [1.807, 2.05) is 0 Å². The average molecular weight is 367 g/mol. The summed E-state index contributed by atoms with van der Waals surface area (Å²) in [6, 6.07) is 22.7. The van der Waals surface area contributed by atoms with Crippen LogP contribution in [0.5, 0.6) is 0 Å². The van der Waals surface area contributed by atoms with Gasteiger partial charge < -0.3 is 0 Å². The quantitative estimate of drug-likeness (QED) is 0.352. The highest BCUT2D eigenvalue weighted by atomic mass is 31.1. The van der Waals surface area contributed by atoms with Gasteiger partial charge in [-0.05, 0) is 42.4 Å². The minimum atomic E-state index is -0.280. The van der Waals surface area contributed by atoms with E-state index in [4.69, 9.17) is 0 Å². The molecule has 0 amide bonds. The molecule has 1 unspecified atom stereocenters. The predicted octanol–water partition coefficient (Wildman–Crippen LogP) is 6.89. The van der Waals surface area contributed by atoms with E-state index in [1.54, 1.807) is 10.6 Å². The summed E-state index contributed by atoms with van der Waals surface area (Å²) >= 11 is 0. The van der Waals surface area contributed by atoms with E-state index in [9.17, 15) is 0 Å². The van der Waals surface area contributed by atoms with Crippen LogP contribution in [-0.4, -0.2) is 5.66 Å². The lowest BCUT2D eigenvalue weighted by atomic mass is 9.75. The molecule has 1 fully saturated rings. The molecule has 2 aromatic carbocycles. The molecule has 0 aromatic heterocycles. The molecule has 0 saturated heterocycles. The van der Waals surface area contributed by atoms with Gasteiger partial charge in [0.25, 0.3) is 0 Å². The molecule has 1 heteroatoms. The van der Waals surface area contributed by atoms with E-state index in [0.717, 1.165) is 17.5 Å². The highest BCUT2D eigenvalue weighted by Gasteiger charge is 2.34. The first-order valence-electron chi connectivity index (χ1n) is 10.7. The lowest BCUT2D eigenvalue weighted by Crippen LogP contribution is -2.32. The first kappa shape index (κ1) is 19.6. The van der Waals surface area contributed by atoms with E-state index < -0.39 is 0 Å². The standard InChI is InChI=1S/C25H35P/c1-3-4-7-14-22-15-12-13-20-25(22)21(2)26(23-16-8-5-9-17-23)24-18-10-6-11-19-24/h5-6,8-11,16-19,21-22,25H,3-4,7,12-15,20H2,1-2H3/t21?,22-,25+/m0/s1. The van der Waals surface area contributed by atoms with Crippen LogP contribution < -0.4 is 10.6 Å². The van der Waals surface area contributed by atoms with Crippen molar-refractivity contribution in [3.8, 4) is 0 Å². The Hall–Kier alpha value is -1.13. The second-order valence-corrected chi connectivity index (χ2v) is 10.6. The van der Waals surface area contributed by atoms with E-state index in [1.165, 1.54) is 51.4 Å². The van der Waals surface area contributed by atoms with E-state index in [0.29, 0.717) is 0 Å². The van der Waals surface area contributed by atoms with Crippen molar-refractivity contribution < 1.29 is 0 Å². The van der Waals surface area contributed by atoms with Crippen molar-refractivity contribution >= 4 is 18.5 Å². The van der Waals surface area contributed by atoms with Gasteiger partial charge in [-0.1, -0.05) is 119 Å². The molecule has 2 aromatic rings. The Labute approximate surface area is 162 Å². The molecular weight excluding hydrogens is 331 g/mol. The van der Waals surface area contributed by atoms with Gasteiger partial charge in [-0.15, -0.1) is 0 Å². The Morgan fingerprint density at radius 3 is 2.00 bits per heavy atom. The van der Waals surface area contributed by atoms with Crippen LogP contribution in [-0.2, 0) is 0 Å². The zero-order chi connectivity index (χ0) is 18.2. The average Bonchev–Trinajstić information content (AvgIpc) is 2.70. The third-order valence-corrected chi connectivity index (χ3v) is 9.15. The van der Waals surface area contributed by atoms with Gasteiger partial charge in [-0.3, -0.25) is 0 Å². The number of unbranched alkanes of at least 4 members (excludes halogenated alkanes) is 2. The van der Waals surface area contributed by atoms with Crippen molar-refractivity contribution in [2.75, 3.05) is 0 Å². The Balaban J connectivity index is 1.85.